The predicted octanol–water partition coefficient (Wildman–Crippen LogP) is 12.4. The molecule has 0 fully saturated rings. The summed E-state index contributed by atoms with van der Waals surface area (Å²) in [5.41, 5.74) is -0.676. The molecule has 0 rings (SSSR count). The summed E-state index contributed by atoms with van der Waals surface area (Å²) in [4.78, 5) is 25.1. The first-order chi connectivity index (χ1) is 49.2. The van der Waals surface area contributed by atoms with Gasteiger partial charge in [0.05, 0.1) is 33.0 Å². The highest BCUT2D eigenvalue weighted by atomic mass is 28.4. The van der Waals surface area contributed by atoms with Crippen LogP contribution in [0.15, 0.2) is 0 Å². The Balaban J connectivity index is -0.00000168. The van der Waals surface area contributed by atoms with Gasteiger partial charge in [-0.25, -0.2) is 0 Å². The molecule has 620 valence electrons. The lowest BCUT2D eigenvalue weighted by atomic mass is 9.68. The minimum atomic E-state index is -2.87. The summed E-state index contributed by atoms with van der Waals surface area (Å²) in [5, 5.41) is 6.32. The number of hydrogen-bond acceptors (Lipinski definition) is 25. The van der Waals surface area contributed by atoms with Crippen LogP contribution in [0.4, 0.5) is 0 Å². The Morgan fingerprint density at radius 1 is 0.262 bits per heavy atom. The first-order valence-electron chi connectivity index (χ1n) is 37.5. The van der Waals surface area contributed by atoms with E-state index >= 15 is 0 Å². The molecule has 0 aromatic carbocycles. The van der Waals surface area contributed by atoms with Crippen molar-refractivity contribution in [2.75, 3.05) is 207 Å². The average Bonchev–Trinajstić information content (AvgIpc) is 0.821. The SMILES string of the molecule is CCCCC(CCC[Si](OC)(OC)OC)(COCC)COCC.CCCOCC(CC)(COCC)COCCCCC[Si](OC)(OC)OC.CO[Si](CCCC(CCC[Si](OC)(OC)OC)(CCC(CCC[Si](OC)(OC)OC)(CCC[Si](OC)(OC)OC)CNC(C)=O)CNC(C)=O)(OC)OC. The van der Waals surface area contributed by atoms with Gasteiger partial charge in [-0.15, -0.1) is 0 Å². The summed E-state index contributed by atoms with van der Waals surface area (Å²) >= 11 is 0. The molecule has 0 saturated carbocycles. The van der Waals surface area contributed by atoms with Crippen molar-refractivity contribution in [2.45, 2.75) is 220 Å². The van der Waals surface area contributed by atoms with Gasteiger partial charge < -0.3 is 114 Å². The second-order valence-corrected chi connectivity index (χ2v) is 45.2. The Hall–Kier alpha value is -0.679. The van der Waals surface area contributed by atoms with E-state index < -0.39 is 52.8 Å². The first-order valence-corrected chi connectivity index (χ1v) is 49.1. The first kappa shape index (κ1) is 106. The molecule has 0 spiro atoms. The standard InChI is InChI=1S/C34H76N2O14Si4.C19H42O6Si.C17H38O5Si/c1-31(37)35-29-33(19-15-25-51(39-3,40-4)41-5,20-16-26-52(42-6,43-7)44-8)23-24-34(30-36-32(2)38,21-17-27-53(45-9,46-10)47-11)22-18-28-54(48-12,49-13)50-14;1-7-13-24-17-19(8-2,16-23-9-3)18-25-14-11-10-12-15-26(20-4,21-5)22-6;1-7-10-12-17(15-21-8-2,16-22-9-3)13-11-14-23(18-4,19-5)20-6/h15-30H2,1-14H3,(H,35,37)(H,36,38);7-18H2,1-6H3;7-16H2,1-6H3. The largest absolute Gasteiger partial charge is 0.500 e. The monoisotopic (exact) mass is 1590 g/mol. The maximum absolute atomic E-state index is 12.5. The van der Waals surface area contributed by atoms with Crippen molar-refractivity contribution in [2.24, 2.45) is 21.7 Å². The van der Waals surface area contributed by atoms with Crippen LogP contribution in [0.3, 0.4) is 0 Å². The highest BCUT2D eigenvalue weighted by Gasteiger charge is 2.46. The zero-order chi connectivity index (χ0) is 78.7. The second-order valence-electron chi connectivity index (χ2n) is 26.6. The van der Waals surface area contributed by atoms with Crippen molar-refractivity contribution in [3.8, 4) is 0 Å². The fraction of sp³-hybridized carbons (Fsp3) is 0.971. The van der Waals surface area contributed by atoms with Crippen LogP contribution >= 0.6 is 0 Å². The number of unbranched alkanes of at least 4 members (excludes halogenated alkanes) is 3. The molecule has 0 aromatic heterocycles. The number of rotatable bonds is 70. The van der Waals surface area contributed by atoms with Crippen molar-refractivity contribution >= 4 is 64.6 Å². The highest BCUT2D eigenvalue weighted by molar-refractivity contribution is 6.62. The molecule has 0 bridgehead atoms. The van der Waals surface area contributed by atoms with E-state index in [4.69, 9.17) is 103 Å². The Morgan fingerprint density at radius 2 is 0.505 bits per heavy atom. The van der Waals surface area contributed by atoms with Crippen LogP contribution in [-0.4, -0.2) is 272 Å². The summed E-state index contributed by atoms with van der Waals surface area (Å²) in [7, 11) is 13.0. The number of ether oxygens (including phenoxy) is 5. The van der Waals surface area contributed by atoms with Gasteiger partial charge in [-0.3, -0.25) is 9.59 Å². The van der Waals surface area contributed by atoms with Crippen molar-refractivity contribution < 1.29 is 113 Å². The van der Waals surface area contributed by atoms with Gasteiger partial charge in [0.15, 0.2) is 0 Å². The van der Waals surface area contributed by atoms with E-state index in [2.05, 4.69) is 31.4 Å². The summed E-state index contributed by atoms with van der Waals surface area (Å²) in [6, 6.07) is 4.10. The quantitative estimate of drug-likeness (QED) is 0.0423. The van der Waals surface area contributed by atoms with Gasteiger partial charge in [-0.05, 0) is 141 Å². The highest BCUT2D eigenvalue weighted by Crippen LogP contribution is 2.45. The van der Waals surface area contributed by atoms with E-state index in [1.165, 1.54) is 12.8 Å². The molecule has 1 unspecified atom stereocenters. The van der Waals surface area contributed by atoms with Crippen LogP contribution in [0.1, 0.15) is 184 Å². The van der Waals surface area contributed by atoms with Crippen LogP contribution in [0, 0.1) is 21.7 Å². The minimum Gasteiger partial charge on any atom is -0.381 e. The van der Waals surface area contributed by atoms with Gasteiger partial charge in [0.1, 0.15) is 0 Å². The molecule has 103 heavy (non-hydrogen) atoms. The molecule has 0 aliphatic rings. The summed E-state index contributed by atoms with van der Waals surface area (Å²) in [6.45, 7) is 24.0. The number of amides is 2. The fourth-order valence-corrected chi connectivity index (χ4v) is 23.4. The van der Waals surface area contributed by atoms with Crippen LogP contribution in [0.2, 0.25) is 36.3 Å². The average molecular weight is 1590 g/mol. The van der Waals surface area contributed by atoms with Gasteiger partial charge in [-0.2, -0.15) is 0 Å². The Morgan fingerprint density at radius 3 is 0.748 bits per heavy atom. The van der Waals surface area contributed by atoms with E-state index in [1.54, 1.807) is 142 Å². The van der Waals surface area contributed by atoms with E-state index in [0.717, 1.165) is 174 Å². The molecule has 0 radical (unpaired) electrons. The Labute approximate surface area is 633 Å². The number of nitrogens with one attached hydrogen (secondary N) is 2. The minimum absolute atomic E-state index is 0.0462. The normalized spacial score (nSPS) is 13.5. The summed E-state index contributed by atoms with van der Waals surface area (Å²) < 4.78 is 131. The molecule has 0 aliphatic heterocycles. The number of carbonyl (C=O) groups is 2. The molecule has 2 amide bonds. The topological polar surface area (TPSA) is 270 Å². The molecule has 27 nitrogen and oxygen atoms in total. The molecular weight excluding hydrogens is 1440 g/mol. The third-order valence-corrected chi connectivity index (χ3v) is 37.2. The lowest BCUT2D eigenvalue weighted by Crippen LogP contribution is -2.45. The molecule has 33 heteroatoms. The van der Waals surface area contributed by atoms with Crippen LogP contribution < -0.4 is 10.6 Å². The Bertz CT molecular complexity index is 1790. The second kappa shape index (κ2) is 61.9. The van der Waals surface area contributed by atoms with Gasteiger partial charge >= 0.3 is 52.8 Å². The third kappa shape index (κ3) is 42.5. The van der Waals surface area contributed by atoms with E-state index in [1.807, 2.05) is 20.8 Å². The van der Waals surface area contributed by atoms with Crippen LogP contribution in [0.25, 0.3) is 0 Å². The van der Waals surface area contributed by atoms with E-state index in [0.29, 0.717) is 57.1 Å². The maximum atomic E-state index is 12.5. The van der Waals surface area contributed by atoms with Crippen molar-refractivity contribution in [1.82, 2.24) is 10.6 Å². The van der Waals surface area contributed by atoms with Gasteiger partial charge in [0.2, 0.25) is 11.8 Å². The molecule has 0 saturated heterocycles. The molecular formula is C70H156N2O25Si6. The maximum Gasteiger partial charge on any atom is 0.500 e. The van der Waals surface area contributed by atoms with Crippen molar-refractivity contribution in [3.05, 3.63) is 0 Å². The molecule has 2 N–H and O–H groups in total. The summed E-state index contributed by atoms with van der Waals surface area (Å²) in [6.07, 6.45) is 18.2. The van der Waals surface area contributed by atoms with Gasteiger partial charge in [-0.1, -0.05) is 40.0 Å². The fourth-order valence-electron chi connectivity index (χ4n) is 13.0. The molecule has 1 atom stereocenters. The van der Waals surface area contributed by atoms with Gasteiger partial charge in [0.25, 0.3) is 0 Å². The number of hydrogen-bond donors (Lipinski definition) is 2. The van der Waals surface area contributed by atoms with Gasteiger partial charge in [0, 0.05) is 235 Å². The predicted molar refractivity (Wildman–Crippen MR) is 417 cm³/mol. The van der Waals surface area contributed by atoms with E-state index in [-0.39, 0.29) is 33.5 Å². The van der Waals surface area contributed by atoms with Crippen LogP contribution in [-0.2, 0) is 113 Å². The zero-order valence-electron chi connectivity index (χ0n) is 70.1. The van der Waals surface area contributed by atoms with E-state index in [9.17, 15) is 9.59 Å². The lowest BCUT2D eigenvalue weighted by Gasteiger charge is -2.42. The van der Waals surface area contributed by atoms with Crippen molar-refractivity contribution in [3.63, 3.8) is 0 Å². The third-order valence-electron chi connectivity index (χ3n) is 20.2. The lowest BCUT2D eigenvalue weighted by molar-refractivity contribution is -0.120. The molecule has 0 heterocycles. The van der Waals surface area contributed by atoms with Crippen molar-refractivity contribution in [1.29, 1.82) is 0 Å². The zero-order valence-corrected chi connectivity index (χ0v) is 76.1. The molecule has 0 aromatic rings. The Kier molecular flexibility index (Phi) is 64.0. The molecule has 0 aliphatic carbocycles. The number of carbonyl (C=O) groups excluding carboxylic acids is 2. The van der Waals surface area contributed by atoms with Crippen LogP contribution in [0.5, 0.6) is 0 Å². The summed E-state index contributed by atoms with van der Waals surface area (Å²) in [5.74, 6) is -0.208. The smallest absolute Gasteiger partial charge is 0.381 e.